The van der Waals surface area contributed by atoms with E-state index in [4.69, 9.17) is 23.6 Å². The zero-order chi connectivity index (χ0) is 34.1. The van der Waals surface area contributed by atoms with Crippen LogP contribution in [0.3, 0.4) is 0 Å². The van der Waals surface area contributed by atoms with Crippen molar-refractivity contribution in [3.8, 4) is 22.8 Å². The molecule has 1 atom stereocenters. The van der Waals surface area contributed by atoms with Crippen LogP contribution < -0.4 is 24.4 Å². The van der Waals surface area contributed by atoms with Gasteiger partial charge < -0.3 is 18.6 Å². The van der Waals surface area contributed by atoms with Gasteiger partial charge in [-0.15, -0.1) is 0 Å². The molecule has 11 nitrogen and oxygen atoms in total. The maximum absolute atomic E-state index is 14.3. The molecule has 48 heavy (non-hydrogen) atoms. The number of carbonyl (C=O) groups is 1. The molecule has 0 aliphatic carbocycles. The Hall–Kier alpha value is -5.75. The molecule has 244 valence electrons. The molecule has 6 rings (SSSR count). The Kier molecular flexibility index (Phi) is 8.83. The Morgan fingerprint density at radius 1 is 1.02 bits per heavy atom. The standard InChI is InChI=1S/C36H31N3O8S/c1-6-46-35(41)31-32(22-10-8-7-9-11-22)37-36-38(33(31)23-12-14-28(44-4)29(18-23)45-5)34(40)30(48-36)19-25-13-15-27(47-25)24-16-20(2)21(3)26(17-24)39(42)43/h7-19,33H,6H2,1-5H3/b30-19-/t33-/m1/s1. The third kappa shape index (κ3) is 5.82. The predicted octanol–water partition coefficient (Wildman–Crippen LogP) is 5.74. The summed E-state index contributed by atoms with van der Waals surface area (Å²) < 4.78 is 24.4. The summed E-state index contributed by atoms with van der Waals surface area (Å²) in [6.07, 6.45) is 1.60. The van der Waals surface area contributed by atoms with Gasteiger partial charge in [-0.3, -0.25) is 19.5 Å². The average Bonchev–Trinajstić information content (AvgIpc) is 3.69. The van der Waals surface area contributed by atoms with Crippen LogP contribution in [-0.4, -0.2) is 36.3 Å². The van der Waals surface area contributed by atoms with Crippen molar-refractivity contribution in [2.75, 3.05) is 20.8 Å². The van der Waals surface area contributed by atoms with Crippen molar-refractivity contribution in [2.45, 2.75) is 26.8 Å². The molecule has 0 bridgehead atoms. The fraction of sp³-hybridized carbons (Fsp3) is 0.194. The number of hydrogen-bond donors (Lipinski definition) is 0. The number of carbonyl (C=O) groups excluding carboxylic acids is 1. The van der Waals surface area contributed by atoms with Gasteiger partial charge in [0.25, 0.3) is 11.2 Å². The number of aryl methyl sites for hydroxylation is 1. The van der Waals surface area contributed by atoms with E-state index < -0.39 is 22.5 Å². The molecule has 0 radical (unpaired) electrons. The SMILES string of the molecule is CCOC(=O)C1=C(c2ccccc2)N=c2s/c(=C\c3ccc(-c4cc(C)c(C)c([N+](=O)[O-])c4)o3)c(=O)n2[C@@H]1c1ccc(OC)c(OC)c1. The summed E-state index contributed by atoms with van der Waals surface area (Å²) in [7, 11) is 3.04. The number of methoxy groups -OCH3 is 2. The zero-order valence-corrected chi connectivity index (χ0v) is 27.6. The topological polar surface area (TPSA) is 135 Å². The molecule has 2 aromatic heterocycles. The van der Waals surface area contributed by atoms with E-state index in [9.17, 15) is 19.7 Å². The van der Waals surface area contributed by atoms with Crippen molar-refractivity contribution in [1.29, 1.82) is 0 Å². The number of thiazole rings is 1. The molecule has 3 aromatic carbocycles. The van der Waals surface area contributed by atoms with E-state index in [0.717, 1.165) is 16.9 Å². The lowest BCUT2D eigenvalue weighted by molar-refractivity contribution is -0.385. The summed E-state index contributed by atoms with van der Waals surface area (Å²) in [6, 6.07) is 20.3. The van der Waals surface area contributed by atoms with E-state index in [1.54, 1.807) is 57.2 Å². The molecule has 0 unspecified atom stereocenters. The lowest BCUT2D eigenvalue weighted by Crippen LogP contribution is -2.40. The Bertz CT molecular complexity index is 2280. The second-order valence-corrected chi connectivity index (χ2v) is 12.0. The lowest BCUT2D eigenvalue weighted by Gasteiger charge is -2.26. The minimum atomic E-state index is -0.916. The van der Waals surface area contributed by atoms with Crippen LogP contribution in [0.15, 0.2) is 92.6 Å². The number of furan rings is 1. The number of fused-ring (bicyclic) bond motifs is 1. The number of aromatic nitrogens is 1. The maximum atomic E-state index is 14.3. The van der Waals surface area contributed by atoms with Gasteiger partial charge in [0.05, 0.1) is 47.6 Å². The van der Waals surface area contributed by atoms with Crippen LogP contribution in [0.4, 0.5) is 5.69 Å². The van der Waals surface area contributed by atoms with Crippen LogP contribution in [0.25, 0.3) is 23.1 Å². The molecule has 1 aliphatic rings. The highest BCUT2D eigenvalue weighted by atomic mass is 32.1. The highest BCUT2D eigenvalue weighted by Crippen LogP contribution is 2.38. The van der Waals surface area contributed by atoms with Crippen molar-refractivity contribution in [3.05, 3.63) is 136 Å². The second-order valence-electron chi connectivity index (χ2n) is 10.9. The van der Waals surface area contributed by atoms with Gasteiger partial charge in [0, 0.05) is 28.8 Å². The van der Waals surface area contributed by atoms with E-state index in [2.05, 4.69) is 0 Å². The monoisotopic (exact) mass is 665 g/mol. The molecule has 5 aromatic rings. The first-order valence-corrected chi connectivity index (χ1v) is 15.8. The first kappa shape index (κ1) is 32.2. The van der Waals surface area contributed by atoms with Gasteiger partial charge >= 0.3 is 5.97 Å². The molecule has 1 aliphatic heterocycles. The van der Waals surface area contributed by atoms with E-state index in [1.807, 2.05) is 36.4 Å². The van der Waals surface area contributed by atoms with Crippen LogP contribution in [0.2, 0.25) is 0 Å². The quantitative estimate of drug-likeness (QED) is 0.111. The Labute approximate surface area is 278 Å². The summed E-state index contributed by atoms with van der Waals surface area (Å²) in [6.45, 7) is 5.35. The summed E-state index contributed by atoms with van der Waals surface area (Å²) in [4.78, 5) is 44.4. The molecular weight excluding hydrogens is 634 g/mol. The molecule has 0 spiro atoms. The number of nitro benzene ring substituents is 1. The summed E-state index contributed by atoms with van der Waals surface area (Å²) in [5.74, 6) is 1.09. The number of esters is 1. The summed E-state index contributed by atoms with van der Waals surface area (Å²) in [5.41, 5.74) is 3.34. The van der Waals surface area contributed by atoms with Gasteiger partial charge in [-0.25, -0.2) is 9.79 Å². The number of rotatable bonds is 9. The average molecular weight is 666 g/mol. The van der Waals surface area contributed by atoms with Gasteiger partial charge in [-0.2, -0.15) is 0 Å². The number of nitro groups is 1. The Morgan fingerprint density at radius 3 is 2.46 bits per heavy atom. The molecule has 3 heterocycles. The van der Waals surface area contributed by atoms with Gasteiger partial charge in [0.2, 0.25) is 0 Å². The normalized spacial score (nSPS) is 14.4. The van der Waals surface area contributed by atoms with Crippen molar-refractivity contribution in [1.82, 2.24) is 4.57 Å². The number of ether oxygens (including phenoxy) is 3. The fourth-order valence-electron chi connectivity index (χ4n) is 5.67. The van der Waals surface area contributed by atoms with E-state index >= 15 is 0 Å². The van der Waals surface area contributed by atoms with Gasteiger partial charge in [-0.1, -0.05) is 47.7 Å². The fourth-order valence-corrected chi connectivity index (χ4v) is 6.65. The zero-order valence-electron chi connectivity index (χ0n) is 26.8. The summed E-state index contributed by atoms with van der Waals surface area (Å²) in [5, 5.41) is 11.6. The highest BCUT2D eigenvalue weighted by molar-refractivity contribution is 7.07. The van der Waals surface area contributed by atoms with Crippen molar-refractivity contribution < 1.29 is 28.3 Å². The van der Waals surface area contributed by atoms with Crippen LogP contribution in [-0.2, 0) is 9.53 Å². The lowest BCUT2D eigenvalue weighted by atomic mass is 9.93. The van der Waals surface area contributed by atoms with Crippen molar-refractivity contribution >= 4 is 34.8 Å². The number of benzene rings is 3. The highest BCUT2D eigenvalue weighted by Gasteiger charge is 2.35. The molecule has 0 amide bonds. The number of nitrogens with zero attached hydrogens (tertiary/aromatic N) is 3. The van der Waals surface area contributed by atoms with Crippen molar-refractivity contribution in [3.63, 3.8) is 0 Å². The smallest absolute Gasteiger partial charge is 0.338 e. The van der Waals surface area contributed by atoms with E-state index in [1.165, 1.54) is 24.9 Å². The molecule has 0 saturated carbocycles. The molecular formula is C36H31N3O8S. The minimum absolute atomic E-state index is 0.00181. The van der Waals surface area contributed by atoms with E-state index in [0.29, 0.717) is 60.3 Å². The van der Waals surface area contributed by atoms with Crippen LogP contribution in [0.5, 0.6) is 11.5 Å². The maximum Gasteiger partial charge on any atom is 0.338 e. The van der Waals surface area contributed by atoms with Crippen LogP contribution in [0.1, 0.15) is 41.0 Å². The van der Waals surface area contributed by atoms with E-state index in [-0.39, 0.29) is 17.9 Å². The first-order valence-electron chi connectivity index (χ1n) is 15.0. The molecule has 0 N–H and O–H groups in total. The van der Waals surface area contributed by atoms with Gasteiger partial charge in [0.15, 0.2) is 16.3 Å². The number of hydrogen-bond acceptors (Lipinski definition) is 10. The largest absolute Gasteiger partial charge is 0.493 e. The van der Waals surface area contributed by atoms with Gasteiger partial charge in [0.1, 0.15) is 11.5 Å². The third-order valence-corrected chi connectivity index (χ3v) is 9.10. The first-order chi connectivity index (χ1) is 23.1. The Balaban J connectivity index is 1.56. The van der Waals surface area contributed by atoms with Crippen molar-refractivity contribution in [2.24, 2.45) is 4.99 Å². The Morgan fingerprint density at radius 2 is 1.77 bits per heavy atom. The molecule has 0 saturated heterocycles. The summed E-state index contributed by atoms with van der Waals surface area (Å²) >= 11 is 1.15. The second kappa shape index (κ2) is 13.2. The van der Waals surface area contributed by atoms with Gasteiger partial charge in [-0.05, 0) is 62.2 Å². The van der Waals surface area contributed by atoms with Crippen LogP contribution in [0, 0.1) is 24.0 Å². The predicted molar refractivity (Wildman–Crippen MR) is 181 cm³/mol. The van der Waals surface area contributed by atoms with Crippen LogP contribution >= 0.6 is 11.3 Å². The minimum Gasteiger partial charge on any atom is -0.493 e. The third-order valence-electron chi connectivity index (χ3n) is 8.12. The molecule has 0 fully saturated rings. The molecule has 12 heteroatoms.